The molecule has 104 valence electrons. The molecular formula is C14H14N2O3S. The van der Waals surface area contributed by atoms with E-state index in [4.69, 9.17) is 5.26 Å². The van der Waals surface area contributed by atoms with Crippen molar-refractivity contribution in [2.45, 2.75) is 18.6 Å². The van der Waals surface area contributed by atoms with E-state index in [1.165, 1.54) is 20.0 Å². The number of benzene rings is 1. The van der Waals surface area contributed by atoms with E-state index in [-0.39, 0.29) is 5.56 Å². The van der Waals surface area contributed by atoms with E-state index >= 15 is 0 Å². The molecule has 1 aromatic carbocycles. The summed E-state index contributed by atoms with van der Waals surface area (Å²) in [7, 11) is -3.56. The molecule has 0 spiro atoms. The third-order valence-electron chi connectivity index (χ3n) is 3.54. The molecular weight excluding hydrogens is 276 g/mol. The summed E-state index contributed by atoms with van der Waals surface area (Å²) < 4.78 is 22.0. The van der Waals surface area contributed by atoms with Crippen LogP contribution >= 0.6 is 0 Å². The number of nitrogens with zero attached hydrogens (tertiary/aromatic N) is 1. The lowest BCUT2D eigenvalue weighted by atomic mass is 9.97. The van der Waals surface area contributed by atoms with Crippen molar-refractivity contribution in [1.29, 1.82) is 5.26 Å². The van der Waals surface area contributed by atoms with Gasteiger partial charge in [-0.15, -0.1) is 0 Å². The van der Waals surface area contributed by atoms with Gasteiger partial charge in [-0.05, 0) is 26.0 Å². The average molecular weight is 290 g/mol. The third kappa shape index (κ3) is 2.00. The smallest absolute Gasteiger partial charge is 0.185 e. The number of H-pyrrole nitrogens is 1. The van der Waals surface area contributed by atoms with Crippen molar-refractivity contribution in [3.63, 3.8) is 0 Å². The fourth-order valence-electron chi connectivity index (χ4n) is 1.95. The summed E-state index contributed by atoms with van der Waals surface area (Å²) in [6, 6.07) is 7.06. The van der Waals surface area contributed by atoms with Crippen LogP contribution in [0.4, 0.5) is 0 Å². The van der Waals surface area contributed by atoms with Gasteiger partial charge in [0.1, 0.15) is 4.75 Å². The molecule has 0 aliphatic carbocycles. The van der Waals surface area contributed by atoms with Gasteiger partial charge in [0.05, 0.1) is 11.6 Å². The van der Waals surface area contributed by atoms with E-state index in [2.05, 4.69) is 4.98 Å². The van der Waals surface area contributed by atoms with Crippen LogP contribution in [0.1, 0.15) is 29.8 Å². The summed E-state index contributed by atoms with van der Waals surface area (Å²) in [6.45, 7) is 2.75. The summed E-state index contributed by atoms with van der Waals surface area (Å²) in [4.78, 5) is 15.4. The second-order valence-corrected chi connectivity index (χ2v) is 7.72. The molecule has 1 aromatic heterocycles. The minimum absolute atomic E-state index is 0.229. The largest absolute Gasteiger partial charge is 0.360 e. The predicted octanol–water partition coefficient (Wildman–Crippen LogP) is 2.05. The number of aromatic amines is 1. The van der Waals surface area contributed by atoms with Gasteiger partial charge in [-0.25, -0.2) is 8.42 Å². The van der Waals surface area contributed by atoms with Gasteiger partial charge in [0.15, 0.2) is 15.6 Å². The van der Waals surface area contributed by atoms with E-state index < -0.39 is 20.4 Å². The zero-order valence-electron chi connectivity index (χ0n) is 11.4. The number of Topliss-reactive ketones (excluding diaryl/α,β-unsaturated/α-hetero) is 1. The maximum Gasteiger partial charge on any atom is 0.185 e. The highest BCUT2D eigenvalue weighted by atomic mass is 32.2. The lowest BCUT2D eigenvalue weighted by Crippen LogP contribution is -2.39. The fraction of sp³-hybridized carbons (Fsp3) is 0.286. The second kappa shape index (κ2) is 4.46. The number of nitrogens with one attached hydrogen (secondary N) is 1. The summed E-state index contributed by atoms with van der Waals surface area (Å²) in [5.41, 5.74) is 1.21. The standard InChI is InChI=1S/C14H14N2O3S/c1-14(2,20(3,18)19)13(17)10-8-16-11-6-4-5-9(7-15)12(10)11/h4-6,8,16H,1-3H3. The second-order valence-electron chi connectivity index (χ2n) is 5.15. The Labute approximate surface area is 117 Å². The van der Waals surface area contributed by atoms with Crippen molar-refractivity contribution >= 4 is 26.5 Å². The fourth-order valence-corrected chi connectivity index (χ4v) is 2.40. The summed E-state index contributed by atoms with van der Waals surface area (Å²) >= 11 is 0. The Kier molecular flexibility index (Phi) is 3.18. The zero-order valence-corrected chi connectivity index (χ0v) is 12.2. The number of carbonyl (C=O) groups is 1. The third-order valence-corrected chi connectivity index (χ3v) is 5.58. The van der Waals surface area contributed by atoms with Crippen molar-refractivity contribution in [1.82, 2.24) is 4.98 Å². The maximum atomic E-state index is 12.5. The number of ketones is 1. The lowest BCUT2D eigenvalue weighted by molar-refractivity contribution is 0.0956. The van der Waals surface area contributed by atoms with E-state index in [1.54, 1.807) is 18.2 Å². The quantitative estimate of drug-likeness (QED) is 0.876. The molecule has 0 aliphatic rings. The number of carbonyl (C=O) groups excluding carboxylic acids is 1. The van der Waals surface area contributed by atoms with Crippen LogP contribution in [0.5, 0.6) is 0 Å². The Morgan fingerprint density at radius 2 is 2.00 bits per heavy atom. The zero-order chi connectivity index (χ0) is 15.1. The van der Waals surface area contributed by atoms with Crippen LogP contribution in [-0.4, -0.2) is 30.2 Å². The molecule has 0 fully saturated rings. The summed E-state index contributed by atoms with van der Waals surface area (Å²) in [5.74, 6) is -0.519. The number of aromatic nitrogens is 1. The van der Waals surface area contributed by atoms with Gasteiger partial charge in [0.2, 0.25) is 0 Å². The van der Waals surface area contributed by atoms with Crippen LogP contribution < -0.4 is 0 Å². The molecule has 0 unspecified atom stereocenters. The van der Waals surface area contributed by atoms with Crippen molar-refractivity contribution in [2.75, 3.05) is 6.26 Å². The molecule has 1 heterocycles. The Morgan fingerprint density at radius 3 is 2.55 bits per heavy atom. The van der Waals surface area contributed by atoms with Crippen LogP contribution in [0.15, 0.2) is 24.4 Å². The van der Waals surface area contributed by atoms with Crippen LogP contribution in [0.2, 0.25) is 0 Å². The molecule has 20 heavy (non-hydrogen) atoms. The van der Waals surface area contributed by atoms with Crippen molar-refractivity contribution in [3.05, 3.63) is 35.5 Å². The monoisotopic (exact) mass is 290 g/mol. The Balaban J connectivity index is 2.73. The molecule has 0 saturated heterocycles. The molecule has 0 aliphatic heterocycles. The molecule has 0 radical (unpaired) electrons. The summed E-state index contributed by atoms with van der Waals surface area (Å²) in [6.07, 6.45) is 2.49. The first-order chi connectivity index (χ1) is 9.20. The van der Waals surface area contributed by atoms with Gasteiger partial charge in [0, 0.05) is 28.9 Å². The number of hydrogen-bond donors (Lipinski definition) is 1. The van der Waals surface area contributed by atoms with Gasteiger partial charge >= 0.3 is 0 Å². The normalized spacial score (nSPS) is 12.3. The van der Waals surface area contributed by atoms with E-state index in [1.807, 2.05) is 6.07 Å². The van der Waals surface area contributed by atoms with Gasteiger partial charge < -0.3 is 4.98 Å². The number of fused-ring (bicyclic) bond motifs is 1. The number of hydrogen-bond acceptors (Lipinski definition) is 4. The van der Waals surface area contributed by atoms with Gasteiger partial charge in [-0.3, -0.25) is 4.79 Å². The number of sulfone groups is 1. The van der Waals surface area contributed by atoms with Crippen LogP contribution in [-0.2, 0) is 9.84 Å². The molecule has 2 rings (SSSR count). The number of rotatable bonds is 3. The van der Waals surface area contributed by atoms with Gasteiger partial charge in [-0.2, -0.15) is 5.26 Å². The van der Waals surface area contributed by atoms with Gasteiger partial charge in [-0.1, -0.05) is 6.07 Å². The molecule has 2 aromatic rings. The first-order valence-electron chi connectivity index (χ1n) is 5.94. The highest BCUT2D eigenvalue weighted by molar-refractivity contribution is 7.92. The van der Waals surface area contributed by atoms with E-state index in [9.17, 15) is 13.2 Å². The highest BCUT2D eigenvalue weighted by Gasteiger charge is 2.40. The molecule has 0 atom stereocenters. The molecule has 6 heteroatoms. The Hall–Kier alpha value is -2.13. The van der Waals surface area contributed by atoms with Crippen molar-refractivity contribution in [3.8, 4) is 6.07 Å². The number of nitriles is 1. The maximum absolute atomic E-state index is 12.5. The molecule has 0 bridgehead atoms. The first-order valence-corrected chi connectivity index (χ1v) is 7.84. The minimum Gasteiger partial charge on any atom is -0.360 e. The van der Waals surface area contributed by atoms with E-state index in [0.717, 1.165) is 6.26 Å². The van der Waals surface area contributed by atoms with Crippen LogP contribution in [0, 0.1) is 11.3 Å². The molecule has 0 amide bonds. The lowest BCUT2D eigenvalue weighted by Gasteiger charge is -2.20. The molecule has 0 saturated carbocycles. The molecule has 5 nitrogen and oxygen atoms in total. The van der Waals surface area contributed by atoms with Crippen LogP contribution in [0.25, 0.3) is 10.9 Å². The van der Waals surface area contributed by atoms with Crippen molar-refractivity contribution < 1.29 is 13.2 Å². The SMILES string of the molecule is CC(C)(C(=O)c1c[nH]c2cccc(C#N)c12)S(C)(=O)=O. The van der Waals surface area contributed by atoms with Crippen molar-refractivity contribution in [2.24, 2.45) is 0 Å². The summed E-state index contributed by atoms with van der Waals surface area (Å²) in [5, 5.41) is 9.60. The topological polar surface area (TPSA) is 90.8 Å². The Morgan fingerprint density at radius 1 is 1.35 bits per heavy atom. The highest BCUT2D eigenvalue weighted by Crippen LogP contribution is 2.28. The van der Waals surface area contributed by atoms with E-state index in [0.29, 0.717) is 16.5 Å². The predicted molar refractivity (Wildman–Crippen MR) is 76.3 cm³/mol. The van der Waals surface area contributed by atoms with Crippen LogP contribution in [0.3, 0.4) is 0 Å². The Bertz CT molecular complexity index is 839. The average Bonchev–Trinajstić information content (AvgIpc) is 2.79. The first kappa shape index (κ1) is 14.3. The minimum atomic E-state index is -3.56. The molecule has 1 N–H and O–H groups in total. The van der Waals surface area contributed by atoms with Gasteiger partial charge in [0.25, 0.3) is 0 Å².